The number of nitrogens with zero attached hydrogens (tertiary/aromatic N) is 2. The molecule has 0 radical (unpaired) electrons. The van der Waals surface area contributed by atoms with Crippen LogP contribution in [0.15, 0.2) is 61.1 Å². The quantitative estimate of drug-likeness (QED) is 0.299. The van der Waals surface area contributed by atoms with Crippen LogP contribution in [0.1, 0.15) is 22.4 Å². The van der Waals surface area contributed by atoms with Crippen LogP contribution in [0.5, 0.6) is 17.4 Å². The zero-order valence-corrected chi connectivity index (χ0v) is 17.9. The molecule has 0 aliphatic heterocycles. The fourth-order valence-electron chi connectivity index (χ4n) is 2.95. The highest BCUT2D eigenvalue weighted by atomic mass is 16.5. The molecule has 0 amide bonds. The molecule has 0 aliphatic carbocycles. The van der Waals surface area contributed by atoms with Crippen molar-refractivity contribution < 1.29 is 23.7 Å². The van der Waals surface area contributed by atoms with Crippen molar-refractivity contribution in [2.75, 3.05) is 14.2 Å². The Morgan fingerprint density at radius 2 is 1.77 bits per heavy atom. The van der Waals surface area contributed by atoms with E-state index in [0.717, 1.165) is 11.1 Å². The Kier molecular flexibility index (Phi) is 7.22. The molecular weight excluding hydrogens is 396 g/mol. The molecule has 0 N–H and O–H groups in total. The van der Waals surface area contributed by atoms with Crippen LogP contribution in [0.4, 0.5) is 0 Å². The third-order valence-corrected chi connectivity index (χ3v) is 4.59. The Labute approximate surface area is 181 Å². The Balaban J connectivity index is 1.86. The van der Waals surface area contributed by atoms with Gasteiger partial charge in [-0.1, -0.05) is 30.3 Å². The number of rotatable bonds is 8. The molecule has 0 saturated heterocycles. The molecule has 0 bridgehead atoms. The molecule has 1 heterocycles. The topological polar surface area (TPSA) is 79.8 Å². The second kappa shape index (κ2) is 10.2. The first-order chi connectivity index (χ1) is 15.0. The van der Waals surface area contributed by atoms with Crippen molar-refractivity contribution in [2.24, 2.45) is 0 Å². The second-order valence-electron chi connectivity index (χ2n) is 6.69. The number of ether oxygens (including phenoxy) is 4. The van der Waals surface area contributed by atoms with Crippen molar-refractivity contribution in [1.29, 1.82) is 0 Å². The molecule has 3 rings (SSSR count). The first kappa shape index (κ1) is 21.8. The molecule has 1 aromatic heterocycles. The summed E-state index contributed by atoms with van der Waals surface area (Å²) in [6.07, 6.45) is 2.65. The van der Waals surface area contributed by atoms with E-state index in [0.29, 0.717) is 29.4 Å². The molecule has 31 heavy (non-hydrogen) atoms. The summed E-state index contributed by atoms with van der Waals surface area (Å²) in [6, 6.07) is 15.3. The van der Waals surface area contributed by atoms with Gasteiger partial charge in [-0.15, -0.1) is 0 Å². The van der Waals surface area contributed by atoms with Gasteiger partial charge < -0.3 is 18.9 Å². The molecule has 3 aromatic rings. The van der Waals surface area contributed by atoms with E-state index in [1.54, 1.807) is 19.1 Å². The monoisotopic (exact) mass is 420 g/mol. The number of hydrogen-bond acceptors (Lipinski definition) is 7. The normalized spacial score (nSPS) is 11.0. The highest BCUT2D eigenvalue weighted by molar-refractivity contribution is 6.17. The van der Waals surface area contributed by atoms with Crippen LogP contribution in [-0.4, -0.2) is 30.2 Å². The highest BCUT2D eigenvalue weighted by Gasteiger charge is 2.22. The minimum Gasteiger partial charge on any atom is -0.503 e. The summed E-state index contributed by atoms with van der Waals surface area (Å²) < 4.78 is 21.8. The van der Waals surface area contributed by atoms with Gasteiger partial charge in [-0.05, 0) is 37.1 Å². The Hall–Kier alpha value is -3.87. The van der Waals surface area contributed by atoms with Crippen molar-refractivity contribution in [3.05, 3.63) is 83.5 Å². The summed E-state index contributed by atoms with van der Waals surface area (Å²) in [5.74, 6) is 0.772. The number of esters is 1. The van der Waals surface area contributed by atoms with Crippen LogP contribution < -0.4 is 9.47 Å². The van der Waals surface area contributed by atoms with Gasteiger partial charge in [-0.25, -0.2) is 14.8 Å². The van der Waals surface area contributed by atoms with E-state index in [4.69, 9.17) is 18.9 Å². The number of hydrogen-bond donors (Lipinski definition) is 0. The van der Waals surface area contributed by atoms with E-state index < -0.39 is 5.97 Å². The molecule has 2 aromatic carbocycles. The van der Waals surface area contributed by atoms with Gasteiger partial charge in [0.15, 0.2) is 0 Å². The molecule has 0 fully saturated rings. The molecule has 0 spiro atoms. The number of carbonyl (C=O) groups excluding carboxylic acids is 1. The van der Waals surface area contributed by atoms with E-state index in [1.165, 1.54) is 26.8 Å². The van der Waals surface area contributed by atoms with Gasteiger partial charge in [0, 0.05) is 6.07 Å². The predicted octanol–water partition coefficient (Wildman–Crippen LogP) is 4.63. The van der Waals surface area contributed by atoms with Gasteiger partial charge in [0.1, 0.15) is 30.0 Å². The average Bonchev–Trinajstić information content (AvgIpc) is 2.77. The lowest BCUT2D eigenvalue weighted by Crippen LogP contribution is -2.09. The van der Waals surface area contributed by atoms with Gasteiger partial charge in [0.05, 0.1) is 31.7 Å². The molecule has 7 nitrogen and oxygen atoms in total. The number of benzene rings is 2. The van der Waals surface area contributed by atoms with Crippen LogP contribution in [0, 0.1) is 13.8 Å². The molecule has 160 valence electrons. The summed E-state index contributed by atoms with van der Waals surface area (Å²) in [6.45, 7) is 4.23. The lowest BCUT2D eigenvalue weighted by Gasteiger charge is -2.14. The predicted molar refractivity (Wildman–Crippen MR) is 116 cm³/mol. The van der Waals surface area contributed by atoms with Gasteiger partial charge in [0.25, 0.3) is 0 Å². The molecule has 0 atom stereocenters. The summed E-state index contributed by atoms with van der Waals surface area (Å²) in [5, 5.41) is 0. The van der Waals surface area contributed by atoms with E-state index in [2.05, 4.69) is 9.97 Å². The average molecular weight is 420 g/mol. The van der Waals surface area contributed by atoms with Gasteiger partial charge >= 0.3 is 5.97 Å². The van der Waals surface area contributed by atoms with Crippen molar-refractivity contribution in [3.63, 3.8) is 0 Å². The fourth-order valence-corrected chi connectivity index (χ4v) is 2.95. The largest absolute Gasteiger partial charge is 0.503 e. The van der Waals surface area contributed by atoms with Crippen molar-refractivity contribution in [3.8, 4) is 17.4 Å². The van der Waals surface area contributed by atoms with Crippen LogP contribution >= 0.6 is 0 Å². The SMILES string of the molecule is COC=C(C(=O)OC)c1c(C)ncnc1Oc1cccc(OCc2ccccc2C)c1. The zero-order valence-electron chi connectivity index (χ0n) is 17.9. The highest BCUT2D eigenvalue weighted by Crippen LogP contribution is 2.32. The lowest BCUT2D eigenvalue weighted by molar-refractivity contribution is -0.133. The number of aromatic nitrogens is 2. The number of methoxy groups -OCH3 is 2. The minimum atomic E-state index is -0.583. The van der Waals surface area contributed by atoms with Crippen LogP contribution in [0.25, 0.3) is 5.57 Å². The molecule has 0 unspecified atom stereocenters. The fraction of sp³-hybridized carbons (Fsp3) is 0.208. The Bertz CT molecular complexity index is 1090. The zero-order chi connectivity index (χ0) is 22.2. The van der Waals surface area contributed by atoms with Crippen molar-refractivity contribution >= 4 is 11.5 Å². The third-order valence-electron chi connectivity index (χ3n) is 4.59. The third kappa shape index (κ3) is 5.39. The van der Waals surface area contributed by atoms with E-state index in [1.807, 2.05) is 43.3 Å². The Morgan fingerprint density at radius 1 is 1.00 bits per heavy atom. The summed E-state index contributed by atoms with van der Waals surface area (Å²) in [5.41, 5.74) is 3.37. The second-order valence-corrected chi connectivity index (χ2v) is 6.69. The minimum absolute atomic E-state index is 0.157. The molecule has 0 aliphatic rings. The number of carbonyl (C=O) groups is 1. The van der Waals surface area contributed by atoms with Crippen molar-refractivity contribution in [2.45, 2.75) is 20.5 Å². The summed E-state index contributed by atoms with van der Waals surface area (Å²) in [7, 11) is 2.73. The summed E-state index contributed by atoms with van der Waals surface area (Å²) >= 11 is 0. The smallest absolute Gasteiger partial charge is 0.341 e. The standard InChI is InChI=1S/C24H24N2O5/c1-16-8-5-6-9-18(16)13-30-19-10-7-11-20(12-19)31-23-22(17(2)25-15-26-23)21(14-28-3)24(27)29-4/h5-12,14-15H,13H2,1-4H3. The molecule has 7 heteroatoms. The van der Waals surface area contributed by atoms with E-state index >= 15 is 0 Å². The molecular formula is C24H24N2O5. The first-order valence-electron chi connectivity index (χ1n) is 9.62. The first-order valence-corrected chi connectivity index (χ1v) is 9.62. The van der Waals surface area contributed by atoms with E-state index in [9.17, 15) is 4.79 Å². The van der Waals surface area contributed by atoms with Gasteiger partial charge in [0.2, 0.25) is 5.88 Å². The van der Waals surface area contributed by atoms with Crippen molar-refractivity contribution in [1.82, 2.24) is 9.97 Å². The van der Waals surface area contributed by atoms with Gasteiger partial charge in [-0.2, -0.15) is 0 Å². The van der Waals surface area contributed by atoms with Crippen LogP contribution in [0.2, 0.25) is 0 Å². The van der Waals surface area contributed by atoms with Crippen LogP contribution in [-0.2, 0) is 20.9 Å². The van der Waals surface area contributed by atoms with Crippen LogP contribution in [0.3, 0.4) is 0 Å². The maximum atomic E-state index is 12.3. The maximum Gasteiger partial charge on any atom is 0.341 e. The Morgan fingerprint density at radius 3 is 2.52 bits per heavy atom. The van der Waals surface area contributed by atoms with Gasteiger partial charge in [-0.3, -0.25) is 0 Å². The maximum absolute atomic E-state index is 12.3. The van der Waals surface area contributed by atoms with E-state index in [-0.39, 0.29) is 11.5 Å². The number of aryl methyl sites for hydroxylation is 2. The lowest BCUT2D eigenvalue weighted by atomic mass is 10.1. The summed E-state index contributed by atoms with van der Waals surface area (Å²) in [4.78, 5) is 20.6. The molecule has 0 saturated carbocycles.